The zero-order chi connectivity index (χ0) is 18.9. The first-order valence-corrected chi connectivity index (χ1v) is 9.36. The van der Waals surface area contributed by atoms with E-state index in [-0.39, 0.29) is 24.8 Å². The van der Waals surface area contributed by atoms with Gasteiger partial charge in [0, 0.05) is 16.6 Å². The van der Waals surface area contributed by atoms with Crippen LogP contribution in [0.2, 0.25) is 0 Å². The van der Waals surface area contributed by atoms with Gasteiger partial charge < -0.3 is 9.64 Å². The summed E-state index contributed by atoms with van der Waals surface area (Å²) >= 11 is 1.43. The van der Waals surface area contributed by atoms with E-state index in [1.807, 2.05) is 50.5 Å². The van der Waals surface area contributed by atoms with Crippen LogP contribution in [0.5, 0.6) is 5.75 Å². The van der Waals surface area contributed by atoms with Gasteiger partial charge in [0.05, 0.1) is 20.1 Å². The number of nitrogens with zero attached hydrogens (tertiary/aromatic N) is 1. The van der Waals surface area contributed by atoms with E-state index in [0.717, 1.165) is 26.9 Å². The molecule has 0 saturated heterocycles. The number of aromatic nitrogens is 1. The number of benzene rings is 1. The third-order valence-electron chi connectivity index (χ3n) is 3.52. The van der Waals surface area contributed by atoms with E-state index in [1.165, 1.54) is 11.3 Å². The van der Waals surface area contributed by atoms with E-state index in [1.54, 1.807) is 0 Å². The molecule has 0 fully saturated rings. The molecule has 1 aromatic carbocycles. The van der Waals surface area contributed by atoms with Gasteiger partial charge in [0.25, 0.3) is 5.91 Å². The maximum atomic E-state index is 12.0. The fraction of sp³-hybridized carbons (Fsp3) is 0.389. The molecule has 0 spiro atoms. The molecule has 1 aromatic heterocycles. The number of aryl methyl sites for hydroxylation is 1. The number of hydrogen-bond acceptors (Lipinski definition) is 5. The highest BCUT2D eigenvalue weighted by Gasteiger charge is 2.12. The van der Waals surface area contributed by atoms with Gasteiger partial charge in [0.2, 0.25) is 5.91 Å². The van der Waals surface area contributed by atoms with Gasteiger partial charge in [0.15, 0.2) is 6.54 Å². The van der Waals surface area contributed by atoms with E-state index >= 15 is 0 Å². The van der Waals surface area contributed by atoms with Crippen LogP contribution in [0.1, 0.15) is 23.2 Å². The molecule has 1 unspecified atom stereocenters. The maximum absolute atomic E-state index is 12.0. The Hall–Kier alpha value is -2.45. The van der Waals surface area contributed by atoms with Gasteiger partial charge in [-0.3, -0.25) is 20.4 Å². The Morgan fingerprint density at radius 1 is 1.19 bits per heavy atom. The van der Waals surface area contributed by atoms with E-state index < -0.39 is 0 Å². The van der Waals surface area contributed by atoms with E-state index in [9.17, 15) is 9.59 Å². The minimum atomic E-state index is -0.281. The Labute approximate surface area is 157 Å². The fourth-order valence-corrected chi connectivity index (χ4v) is 3.17. The van der Waals surface area contributed by atoms with Crippen LogP contribution in [0.4, 0.5) is 0 Å². The highest BCUT2D eigenvalue weighted by atomic mass is 32.1. The molecule has 2 aromatic rings. The van der Waals surface area contributed by atoms with Gasteiger partial charge >= 0.3 is 0 Å². The molecule has 0 radical (unpaired) electrons. The summed E-state index contributed by atoms with van der Waals surface area (Å²) in [5, 5.41) is 2.62. The van der Waals surface area contributed by atoms with E-state index in [4.69, 9.17) is 4.74 Å². The SMILES string of the molecule is CCOc1ccc(C[NH+](C)CC(=O)NNC(=O)Cc2nc(C)cs2)cc1. The molecule has 0 aliphatic rings. The molecular formula is C18H25N4O3S+. The molecule has 0 aliphatic heterocycles. The van der Waals surface area contributed by atoms with Crippen molar-refractivity contribution in [2.45, 2.75) is 26.8 Å². The average molecular weight is 377 g/mol. The summed E-state index contributed by atoms with van der Waals surface area (Å²) < 4.78 is 5.41. The molecular weight excluding hydrogens is 352 g/mol. The number of nitrogens with one attached hydrogen (secondary N) is 3. The first-order chi connectivity index (χ1) is 12.5. The second-order valence-electron chi connectivity index (χ2n) is 6.04. The monoisotopic (exact) mass is 377 g/mol. The molecule has 1 atom stereocenters. The summed E-state index contributed by atoms with van der Waals surface area (Å²) in [7, 11) is 1.93. The van der Waals surface area contributed by atoms with Crippen molar-refractivity contribution < 1.29 is 19.2 Å². The first kappa shape index (κ1) is 19.9. The predicted molar refractivity (Wildman–Crippen MR) is 99.9 cm³/mol. The van der Waals surface area contributed by atoms with Gasteiger partial charge in [-0.15, -0.1) is 11.3 Å². The molecule has 1 heterocycles. The first-order valence-electron chi connectivity index (χ1n) is 8.48. The smallest absolute Gasteiger partial charge is 0.293 e. The topological polar surface area (TPSA) is 84.8 Å². The number of ether oxygens (including phenoxy) is 1. The van der Waals surface area contributed by atoms with Crippen molar-refractivity contribution in [3.05, 3.63) is 45.9 Å². The zero-order valence-corrected chi connectivity index (χ0v) is 16.1. The Balaban J connectivity index is 1.70. The molecule has 0 saturated carbocycles. The lowest BCUT2D eigenvalue weighted by Gasteiger charge is -2.14. The predicted octanol–water partition coefficient (Wildman–Crippen LogP) is 0.255. The lowest BCUT2D eigenvalue weighted by molar-refractivity contribution is -0.885. The van der Waals surface area contributed by atoms with E-state index in [2.05, 4.69) is 15.8 Å². The number of rotatable bonds is 8. The molecule has 26 heavy (non-hydrogen) atoms. The summed E-state index contributed by atoms with van der Waals surface area (Å²) in [5.41, 5.74) is 6.88. The van der Waals surface area contributed by atoms with Crippen molar-refractivity contribution >= 4 is 23.2 Å². The number of hydrazine groups is 1. The molecule has 7 nitrogen and oxygen atoms in total. The van der Waals surface area contributed by atoms with Gasteiger partial charge in [-0.05, 0) is 38.1 Å². The third-order valence-corrected chi connectivity index (χ3v) is 4.49. The summed E-state index contributed by atoms with van der Waals surface area (Å²) in [6.45, 7) is 5.42. The highest BCUT2D eigenvalue weighted by molar-refractivity contribution is 7.09. The van der Waals surface area contributed by atoms with Gasteiger partial charge in [0.1, 0.15) is 17.3 Å². The lowest BCUT2D eigenvalue weighted by Crippen LogP contribution is -3.09. The quantitative estimate of drug-likeness (QED) is 0.576. The normalized spacial score (nSPS) is 11.7. The molecule has 0 bridgehead atoms. The zero-order valence-electron chi connectivity index (χ0n) is 15.3. The molecule has 2 amide bonds. The van der Waals surface area contributed by atoms with Gasteiger partial charge in [-0.25, -0.2) is 4.98 Å². The summed E-state index contributed by atoms with van der Waals surface area (Å²) in [4.78, 5) is 29.0. The molecule has 3 N–H and O–H groups in total. The van der Waals surface area contributed by atoms with Gasteiger partial charge in [-0.1, -0.05) is 0 Å². The Morgan fingerprint density at radius 3 is 2.50 bits per heavy atom. The van der Waals surface area contributed by atoms with Crippen LogP contribution < -0.4 is 20.5 Å². The van der Waals surface area contributed by atoms with Crippen LogP contribution in [0.3, 0.4) is 0 Å². The van der Waals surface area contributed by atoms with Crippen molar-refractivity contribution in [2.24, 2.45) is 0 Å². The third kappa shape index (κ3) is 6.81. The number of hydrogen-bond donors (Lipinski definition) is 3. The molecule has 2 rings (SSSR count). The molecule has 140 valence electrons. The number of thiazole rings is 1. The van der Waals surface area contributed by atoms with Crippen LogP contribution in [0.25, 0.3) is 0 Å². The fourth-order valence-electron chi connectivity index (χ4n) is 2.40. The number of likely N-dealkylation sites (N-methyl/N-ethyl adjacent to an activating group) is 1. The minimum Gasteiger partial charge on any atom is -0.494 e. The summed E-state index contributed by atoms with van der Waals surface area (Å²) in [6.07, 6.45) is 0.160. The standard InChI is InChI=1S/C18H24N4O3S/c1-4-25-15-7-5-14(6-8-15)10-22(3)11-17(24)21-20-16(23)9-18-19-13(2)12-26-18/h5-8,12H,4,9-11H2,1-3H3,(H,20,23)(H,21,24)/p+1. The summed E-state index contributed by atoms with van der Waals surface area (Å²) in [6, 6.07) is 7.83. The highest BCUT2D eigenvalue weighted by Crippen LogP contribution is 2.11. The second kappa shape index (κ2) is 9.88. The van der Waals surface area contributed by atoms with Crippen LogP contribution in [0, 0.1) is 6.92 Å². The van der Waals surface area contributed by atoms with Crippen LogP contribution in [-0.4, -0.2) is 37.0 Å². The Kier molecular flexibility index (Phi) is 7.55. The van der Waals surface area contributed by atoms with Crippen LogP contribution in [0.15, 0.2) is 29.6 Å². The number of amides is 2. The van der Waals surface area contributed by atoms with Crippen molar-refractivity contribution in [2.75, 3.05) is 20.2 Å². The second-order valence-corrected chi connectivity index (χ2v) is 6.99. The van der Waals surface area contributed by atoms with Crippen LogP contribution in [-0.2, 0) is 22.6 Å². The summed E-state index contributed by atoms with van der Waals surface area (Å²) in [5.74, 6) is 0.318. The largest absolute Gasteiger partial charge is 0.494 e. The van der Waals surface area contributed by atoms with Gasteiger partial charge in [-0.2, -0.15) is 0 Å². The minimum absolute atomic E-state index is 0.160. The van der Waals surface area contributed by atoms with Crippen molar-refractivity contribution in [3.63, 3.8) is 0 Å². The van der Waals surface area contributed by atoms with E-state index in [0.29, 0.717) is 13.2 Å². The van der Waals surface area contributed by atoms with Crippen molar-refractivity contribution in [3.8, 4) is 5.75 Å². The van der Waals surface area contributed by atoms with Crippen molar-refractivity contribution in [1.82, 2.24) is 15.8 Å². The molecule has 0 aliphatic carbocycles. The molecule has 8 heteroatoms. The Morgan fingerprint density at radius 2 is 1.88 bits per heavy atom. The average Bonchev–Trinajstić information content (AvgIpc) is 3.00. The van der Waals surface area contributed by atoms with Crippen LogP contribution >= 0.6 is 11.3 Å². The number of carbonyl (C=O) groups excluding carboxylic acids is 2. The maximum Gasteiger partial charge on any atom is 0.293 e. The lowest BCUT2D eigenvalue weighted by atomic mass is 10.2. The number of quaternary nitrogens is 1. The Bertz CT molecular complexity index is 730. The number of carbonyl (C=O) groups is 2. The van der Waals surface area contributed by atoms with Crippen molar-refractivity contribution in [1.29, 1.82) is 0 Å².